The Morgan fingerprint density at radius 1 is 1.33 bits per heavy atom. The van der Waals surface area contributed by atoms with Gasteiger partial charge in [0.1, 0.15) is 11.3 Å². The summed E-state index contributed by atoms with van der Waals surface area (Å²) in [5, 5.41) is 1.21. The van der Waals surface area contributed by atoms with Gasteiger partial charge in [-0.15, -0.1) is 0 Å². The average Bonchev–Trinajstić information content (AvgIpc) is 3.11. The summed E-state index contributed by atoms with van der Waals surface area (Å²) in [6, 6.07) is 8.20. The summed E-state index contributed by atoms with van der Waals surface area (Å²) < 4.78 is 5.82. The zero-order chi connectivity index (χ0) is 12.5. The SMILES string of the molecule is CN(Cc1c(CN)oc2ccccc12)CC1CC1. The van der Waals surface area contributed by atoms with Crippen molar-refractivity contribution in [3.63, 3.8) is 0 Å². The molecule has 0 aliphatic heterocycles. The molecular weight excluding hydrogens is 224 g/mol. The lowest BCUT2D eigenvalue weighted by molar-refractivity contribution is 0.311. The molecule has 2 aromatic rings. The quantitative estimate of drug-likeness (QED) is 0.879. The van der Waals surface area contributed by atoms with Crippen molar-refractivity contribution in [2.45, 2.75) is 25.9 Å². The number of hydrogen-bond donors (Lipinski definition) is 1. The van der Waals surface area contributed by atoms with Crippen molar-refractivity contribution in [1.29, 1.82) is 0 Å². The zero-order valence-electron chi connectivity index (χ0n) is 10.9. The third kappa shape index (κ3) is 2.28. The van der Waals surface area contributed by atoms with E-state index in [0.29, 0.717) is 6.54 Å². The minimum Gasteiger partial charge on any atom is -0.459 e. The molecule has 1 aliphatic rings. The van der Waals surface area contributed by atoms with E-state index >= 15 is 0 Å². The molecule has 0 radical (unpaired) electrons. The summed E-state index contributed by atoms with van der Waals surface area (Å²) in [4.78, 5) is 2.38. The van der Waals surface area contributed by atoms with Gasteiger partial charge in [-0.1, -0.05) is 18.2 Å². The molecule has 3 rings (SSSR count). The third-order valence-corrected chi connectivity index (χ3v) is 3.66. The van der Waals surface area contributed by atoms with Gasteiger partial charge in [0.15, 0.2) is 0 Å². The molecule has 0 bridgehead atoms. The van der Waals surface area contributed by atoms with Crippen LogP contribution in [0.5, 0.6) is 0 Å². The number of fused-ring (bicyclic) bond motifs is 1. The number of furan rings is 1. The van der Waals surface area contributed by atoms with Crippen LogP contribution < -0.4 is 5.73 Å². The maximum Gasteiger partial charge on any atom is 0.134 e. The summed E-state index contributed by atoms with van der Waals surface area (Å²) >= 11 is 0. The highest BCUT2D eigenvalue weighted by atomic mass is 16.3. The molecule has 1 aromatic carbocycles. The highest BCUT2D eigenvalue weighted by Gasteiger charge is 2.23. The van der Waals surface area contributed by atoms with E-state index < -0.39 is 0 Å². The fourth-order valence-corrected chi connectivity index (χ4v) is 2.56. The van der Waals surface area contributed by atoms with E-state index in [2.05, 4.69) is 24.1 Å². The molecule has 1 heterocycles. The van der Waals surface area contributed by atoms with Crippen molar-refractivity contribution < 1.29 is 4.42 Å². The van der Waals surface area contributed by atoms with Crippen LogP contribution in [0.1, 0.15) is 24.2 Å². The second-order valence-corrected chi connectivity index (χ2v) is 5.34. The molecule has 3 heteroatoms. The van der Waals surface area contributed by atoms with E-state index in [-0.39, 0.29) is 0 Å². The van der Waals surface area contributed by atoms with E-state index in [1.54, 1.807) is 0 Å². The molecule has 96 valence electrons. The topological polar surface area (TPSA) is 42.4 Å². The summed E-state index contributed by atoms with van der Waals surface area (Å²) in [5.41, 5.74) is 8.00. The van der Waals surface area contributed by atoms with Crippen molar-refractivity contribution in [2.24, 2.45) is 11.7 Å². The molecule has 1 fully saturated rings. The maximum absolute atomic E-state index is 5.82. The van der Waals surface area contributed by atoms with E-state index in [0.717, 1.165) is 23.8 Å². The maximum atomic E-state index is 5.82. The summed E-state index contributed by atoms with van der Waals surface area (Å²) in [6.07, 6.45) is 2.78. The van der Waals surface area contributed by atoms with Crippen molar-refractivity contribution in [2.75, 3.05) is 13.6 Å². The highest BCUT2D eigenvalue weighted by Crippen LogP contribution is 2.31. The Morgan fingerprint density at radius 2 is 2.11 bits per heavy atom. The molecule has 1 aromatic heterocycles. The van der Waals surface area contributed by atoms with Gasteiger partial charge in [-0.2, -0.15) is 0 Å². The number of rotatable bonds is 5. The predicted molar refractivity (Wildman–Crippen MR) is 73.2 cm³/mol. The van der Waals surface area contributed by atoms with Gasteiger partial charge in [-0.05, 0) is 31.9 Å². The molecule has 0 atom stereocenters. The monoisotopic (exact) mass is 244 g/mol. The van der Waals surface area contributed by atoms with Gasteiger partial charge in [-0.3, -0.25) is 0 Å². The van der Waals surface area contributed by atoms with Crippen LogP contribution in [0, 0.1) is 5.92 Å². The first-order chi connectivity index (χ1) is 8.78. The lowest BCUT2D eigenvalue weighted by atomic mass is 10.1. The average molecular weight is 244 g/mol. The van der Waals surface area contributed by atoms with Crippen molar-refractivity contribution in [3.8, 4) is 0 Å². The van der Waals surface area contributed by atoms with Crippen LogP contribution in [0.3, 0.4) is 0 Å². The van der Waals surface area contributed by atoms with Gasteiger partial charge in [0.25, 0.3) is 0 Å². The molecule has 0 unspecified atom stereocenters. The molecular formula is C15H20N2O. The zero-order valence-corrected chi connectivity index (χ0v) is 10.9. The minimum absolute atomic E-state index is 0.473. The van der Waals surface area contributed by atoms with Gasteiger partial charge in [0, 0.05) is 24.0 Å². The van der Waals surface area contributed by atoms with Gasteiger partial charge >= 0.3 is 0 Å². The van der Waals surface area contributed by atoms with Gasteiger partial charge in [0.05, 0.1) is 6.54 Å². The van der Waals surface area contributed by atoms with Gasteiger partial charge < -0.3 is 15.1 Å². The first-order valence-corrected chi connectivity index (χ1v) is 6.66. The second-order valence-electron chi connectivity index (χ2n) is 5.34. The first-order valence-electron chi connectivity index (χ1n) is 6.66. The minimum atomic E-state index is 0.473. The molecule has 2 N–H and O–H groups in total. The number of hydrogen-bond acceptors (Lipinski definition) is 3. The smallest absolute Gasteiger partial charge is 0.134 e. The lowest BCUT2D eigenvalue weighted by Gasteiger charge is -2.16. The molecule has 0 amide bonds. The number of nitrogens with zero attached hydrogens (tertiary/aromatic N) is 1. The summed E-state index contributed by atoms with van der Waals surface area (Å²) in [6.45, 7) is 2.59. The Balaban J connectivity index is 1.88. The Kier molecular flexibility index (Phi) is 3.10. The third-order valence-electron chi connectivity index (χ3n) is 3.66. The molecule has 3 nitrogen and oxygen atoms in total. The van der Waals surface area contributed by atoms with Crippen LogP contribution in [0.25, 0.3) is 11.0 Å². The van der Waals surface area contributed by atoms with Crippen LogP contribution in [0.15, 0.2) is 28.7 Å². The van der Waals surface area contributed by atoms with Crippen LogP contribution in [-0.2, 0) is 13.1 Å². The van der Waals surface area contributed by atoms with Crippen LogP contribution in [-0.4, -0.2) is 18.5 Å². The molecule has 1 aliphatic carbocycles. The summed E-state index contributed by atoms with van der Waals surface area (Å²) in [5.74, 6) is 1.84. The normalized spacial score (nSPS) is 15.7. The van der Waals surface area contributed by atoms with Crippen LogP contribution in [0.4, 0.5) is 0 Å². The Hall–Kier alpha value is -1.32. The van der Waals surface area contributed by atoms with E-state index in [1.165, 1.54) is 30.3 Å². The van der Waals surface area contributed by atoms with Gasteiger partial charge in [0.2, 0.25) is 0 Å². The Morgan fingerprint density at radius 3 is 2.83 bits per heavy atom. The highest BCUT2D eigenvalue weighted by molar-refractivity contribution is 5.82. The Bertz CT molecular complexity index is 542. The Labute approximate surface area is 108 Å². The number of benzene rings is 1. The largest absolute Gasteiger partial charge is 0.459 e. The number of para-hydroxylation sites is 1. The van der Waals surface area contributed by atoms with E-state index in [4.69, 9.17) is 10.2 Å². The van der Waals surface area contributed by atoms with Crippen molar-refractivity contribution in [1.82, 2.24) is 4.90 Å². The molecule has 1 saturated carbocycles. The standard InChI is InChI=1S/C15H20N2O/c1-17(9-11-6-7-11)10-13-12-4-2-3-5-14(12)18-15(13)8-16/h2-5,11H,6-10,16H2,1H3. The molecule has 18 heavy (non-hydrogen) atoms. The van der Waals surface area contributed by atoms with Crippen molar-refractivity contribution >= 4 is 11.0 Å². The van der Waals surface area contributed by atoms with E-state index in [9.17, 15) is 0 Å². The van der Waals surface area contributed by atoms with Crippen LogP contribution >= 0.6 is 0 Å². The second kappa shape index (κ2) is 4.75. The van der Waals surface area contributed by atoms with Crippen LogP contribution in [0.2, 0.25) is 0 Å². The molecule has 0 saturated heterocycles. The van der Waals surface area contributed by atoms with Crippen molar-refractivity contribution in [3.05, 3.63) is 35.6 Å². The van der Waals surface area contributed by atoms with Gasteiger partial charge in [-0.25, -0.2) is 0 Å². The first kappa shape index (κ1) is 11.8. The predicted octanol–water partition coefficient (Wildman–Crippen LogP) is 2.73. The fraction of sp³-hybridized carbons (Fsp3) is 0.467. The summed E-state index contributed by atoms with van der Waals surface area (Å²) in [7, 11) is 2.18. The van der Waals surface area contributed by atoms with E-state index in [1.807, 2.05) is 12.1 Å². The fourth-order valence-electron chi connectivity index (χ4n) is 2.56. The number of nitrogens with two attached hydrogens (primary N) is 1. The molecule has 0 spiro atoms. The lowest BCUT2D eigenvalue weighted by Crippen LogP contribution is -2.21.